The third kappa shape index (κ3) is 4.87. The van der Waals surface area contributed by atoms with E-state index in [-0.39, 0.29) is 11.6 Å². The molecule has 31 heavy (non-hydrogen) atoms. The number of benzene rings is 3. The monoisotopic (exact) mass is 430 g/mol. The summed E-state index contributed by atoms with van der Waals surface area (Å²) in [6, 6.07) is 25.2. The molecule has 0 aliphatic carbocycles. The van der Waals surface area contributed by atoms with Crippen molar-refractivity contribution in [2.45, 2.75) is 11.7 Å². The molecule has 0 unspecified atom stereocenters. The summed E-state index contributed by atoms with van der Waals surface area (Å²) in [5, 5.41) is 19.6. The summed E-state index contributed by atoms with van der Waals surface area (Å²) in [4.78, 5) is 25.4. The number of carbonyl (C=O) groups is 1. The third-order valence-corrected chi connectivity index (χ3v) is 5.77. The van der Waals surface area contributed by atoms with Crippen LogP contribution in [0.4, 0.5) is 11.4 Å². The van der Waals surface area contributed by atoms with Crippen molar-refractivity contribution in [3.63, 3.8) is 0 Å². The summed E-state index contributed by atoms with van der Waals surface area (Å²) in [6.07, 6.45) is 1.99. The lowest BCUT2D eigenvalue weighted by Gasteiger charge is -2.15. The van der Waals surface area contributed by atoms with Crippen LogP contribution in [0, 0.1) is 10.1 Å². The molecular weight excluding hydrogens is 412 g/mol. The number of carbonyl (C=O) groups excluding carboxylic acids is 1. The van der Waals surface area contributed by atoms with Crippen LogP contribution in [-0.2, 0) is 11.2 Å². The van der Waals surface area contributed by atoms with Crippen LogP contribution in [-0.4, -0.2) is 27.5 Å². The van der Waals surface area contributed by atoms with Crippen LogP contribution in [0.25, 0.3) is 0 Å². The van der Waals surface area contributed by atoms with E-state index in [0.717, 1.165) is 11.1 Å². The predicted octanol–water partition coefficient (Wildman–Crippen LogP) is 4.68. The number of para-hydroxylation sites is 1. The first-order chi connectivity index (χ1) is 15.1. The molecule has 1 atom stereocenters. The second kappa shape index (κ2) is 9.36. The highest BCUT2D eigenvalue weighted by atomic mass is 32.2. The van der Waals surface area contributed by atoms with Crippen LogP contribution in [0.15, 0.2) is 95.1 Å². The lowest BCUT2D eigenvalue weighted by molar-refractivity contribution is -0.384. The molecule has 1 fully saturated rings. The van der Waals surface area contributed by atoms with Gasteiger partial charge < -0.3 is 0 Å². The molecule has 4 rings (SSSR count). The highest BCUT2D eigenvalue weighted by molar-refractivity contribution is 8.16. The second-order valence-corrected chi connectivity index (χ2v) is 7.95. The summed E-state index contributed by atoms with van der Waals surface area (Å²) >= 11 is 1.31. The molecule has 3 aromatic rings. The lowest BCUT2D eigenvalue weighted by atomic mass is 10.1. The first kappa shape index (κ1) is 20.5. The Morgan fingerprint density at radius 2 is 1.71 bits per heavy atom. The van der Waals surface area contributed by atoms with Gasteiger partial charge in [-0.05, 0) is 29.7 Å². The van der Waals surface area contributed by atoms with E-state index in [1.165, 1.54) is 23.9 Å². The number of amidine groups is 1. The van der Waals surface area contributed by atoms with E-state index in [1.54, 1.807) is 23.2 Å². The van der Waals surface area contributed by atoms with E-state index in [1.807, 2.05) is 60.7 Å². The van der Waals surface area contributed by atoms with Crippen molar-refractivity contribution in [3.8, 4) is 0 Å². The van der Waals surface area contributed by atoms with Crippen molar-refractivity contribution >= 4 is 40.4 Å². The number of nitro benzene ring substituents is 1. The van der Waals surface area contributed by atoms with Crippen molar-refractivity contribution in [3.05, 3.63) is 106 Å². The zero-order valence-corrected chi connectivity index (χ0v) is 17.2. The van der Waals surface area contributed by atoms with Gasteiger partial charge in [0.15, 0.2) is 5.17 Å². The van der Waals surface area contributed by atoms with Crippen LogP contribution >= 0.6 is 11.8 Å². The Balaban J connectivity index is 1.61. The van der Waals surface area contributed by atoms with Crippen LogP contribution in [0.2, 0.25) is 0 Å². The van der Waals surface area contributed by atoms with Gasteiger partial charge in [-0.25, -0.2) is 0 Å². The summed E-state index contributed by atoms with van der Waals surface area (Å²) < 4.78 is 0. The Hall–Kier alpha value is -3.78. The smallest absolute Gasteiger partial charge is 0.269 e. The number of anilines is 1. The fraction of sp³-hybridized carbons (Fsp3) is 0.0870. The summed E-state index contributed by atoms with van der Waals surface area (Å²) in [5.74, 6) is -0.128. The number of thioether (sulfide) groups is 1. The van der Waals surface area contributed by atoms with Gasteiger partial charge in [0, 0.05) is 12.1 Å². The van der Waals surface area contributed by atoms with Crippen LogP contribution < -0.4 is 4.90 Å². The molecule has 0 radical (unpaired) electrons. The first-order valence-corrected chi connectivity index (χ1v) is 10.4. The van der Waals surface area contributed by atoms with Crippen molar-refractivity contribution < 1.29 is 9.72 Å². The van der Waals surface area contributed by atoms with Gasteiger partial charge in [0.2, 0.25) is 5.91 Å². The van der Waals surface area contributed by atoms with Gasteiger partial charge in [-0.1, -0.05) is 72.4 Å². The molecule has 0 bridgehead atoms. The number of hydrogen-bond acceptors (Lipinski definition) is 6. The quantitative estimate of drug-likeness (QED) is 0.323. The molecule has 1 aliphatic rings. The second-order valence-electron chi connectivity index (χ2n) is 6.78. The van der Waals surface area contributed by atoms with Gasteiger partial charge in [-0.15, -0.1) is 5.10 Å². The molecule has 0 N–H and O–H groups in total. The van der Waals surface area contributed by atoms with E-state index >= 15 is 0 Å². The van der Waals surface area contributed by atoms with Gasteiger partial charge in [0.25, 0.3) is 5.69 Å². The summed E-state index contributed by atoms with van der Waals surface area (Å²) in [6.45, 7) is 0. The fourth-order valence-corrected chi connectivity index (χ4v) is 4.31. The number of non-ortho nitro benzene ring substituents is 1. The largest absolute Gasteiger partial charge is 0.273 e. The molecule has 154 valence electrons. The maximum Gasteiger partial charge on any atom is 0.269 e. The predicted molar refractivity (Wildman–Crippen MR) is 124 cm³/mol. The van der Waals surface area contributed by atoms with E-state index in [9.17, 15) is 14.9 Å². The normalized spacial score (nSPS) is 17.5. The zero-order chi connectivity index (χ0) is 21.6. The lowest BCUT2D eigenvalue weighted by Crippen LogP contribution is -2.32. The number of rotatable bonds is 6. The number of nitrogens with zero attached hydrogens (tertiary/aromatic N) is 4. The third-order valence-electron chi connectivity index (χ3n) is 4.64. The minimum Gasteiger partial charge on any atom is -0.273 e. The Kier molecular flexibility index (Phi) is 6.18. The molecule has 7 nitrogen and oxygen atoms in total. The Morgan fingerprint density at radius 1 is 1.00 bits per heavy atom. The van der Waals surface area contributed by atoms with E-state index in [2.05, 4.69) is 10.2 Å². The van der Waals surface area contributed by atoms with Crippen LogP contribution in [0.3, 0.4) is 0 Å². The molecule has 3 aromatic carbocycles. The van der Waals surface area contributed by atoms with Crippen molar-refractivity contribution in [1.82, 2.24) is 0 Å². The molecule has 1 saturated heterocycles. The number of nitro groups is 1. The summed E-state index contributed by atoms with van der Waals surface area (Å²) in [5.41, 5.74) is 2.34. The maximum atomic E-state index is 13.2. The molecular formula is C23H18N4O3S. The molecule has 0 aromatic heterocycles. The number of hydrogen-bond donors (Lipinski definition) is 0. The van der Waals surface area contributed by atoms with Gasteiger partial charge in [-0.2, -0.15) is 5.10 Å². The Bertz CT molecular complexity index is 1150. The summed E-state index contributed by atoms with van der Waals surface area (Å²) in [7, 11) is 0. The van der Waals surface area contributed by atoms with E-state index < -0.39 is 10.2 Å². The highest BCUT2D eigenvalue weighted by Crippen LogP contribution is 2.34. The Labute approximate surface area is 183 Å². The molecule has 0 spiro atoms. The van der Waals surface area contributed by atoms with Crippen molar-refractivity contribution in [1.29, 1.82) is 0 Å². The van der Waals surface area contributed by atoms with Gasteiger partial charge in [0.1, 0.15) is 0 Å². The fourth-order valence-electron chi connectivity index (χ4n) is 3.18. The Morgan fingerprint density at radius 3 is 2.42 bits per heavy atom. The molecule has 8 heteroatoms. The van der Waals surface area contributed by atoms with Crippen LogP contribution in [0.1, 0.15) is 11.1 Å². The number of amides is 1. The standard InChI is InChI=1S/C23H18N4O3S/c28-22-21(15-18-10-7-13-20(14-18)27(29)30)31-23(26(22)19-11-5-2-6-12-19)25-24-16-17-8-3-1-4-9-17/h1-14,16,21H,15H2/b24-16-,25-23-/t21-/m1/s1. The maximum absolute atomic E-state index is 13.2. The molecule has 1 aliphatic heterocycles. The van der Waals surface area contributed by atoms with Crippen molar-refractivity contribution in [2.75, 3.05) is 4.90 Å². The molecule has 1 heterocycles. The first-order valence-electron chi connectivity index (χ1n) is 9.57. The molecule has 0 saturated carbocycles. The van der Waals surface area contributed by atoms with Gasteiger partial charge >= 0.3 is 0 Å². The minimum absolute atomic E-state index is 0.00853. The average molecular weight is 430 g/mol. The SMILES string of the molecule is O=C1[C@@H](Cc2cccc([N+](=O)[O-])c2)S/C(=N\N=C/c2ccccc2)N1c1ccccc1. The molecule has 1 amide bonds. The van der Waals surface area contributed by atoms with Gasteiger partial charge in [-0.3, -0.25) is 19.8 Å². The zero-order valence-electron chi connectivity index (χ0n) is 16.4. The van der Waals surface area contributed by atoms with E-state index in [4.69, 9.17) is 0 Å². The average Bonchev–Trinajstić information content (AvgIpc) is 3.10. The van der Waals surface area contributed by atoms with E-state index in [0.29, 0.717) is 17.3 Å². The highest BCUT2D eigenvalue weighted by Gasteiger charge is 2.39. The van der Waals surface area contributed by atoms with Gasteiger partial charge in [0.05, 0.1) is 22.1 Å². The van der Waals surface area contributed by atoms with Crippen LogP contribution in [0.5, 0.6) is 0 Å². The topological polar surface area (TPSA) is 88.2 Å². The minimum atomic E-state index is -0.451. The van der Waals surface area contributed by atoms with Crippen molar-refractivity contribution in [2.24, 2.45) is 10.2 Å².